The molecule has 0 saturated heterocycles. The van der Waals surface area contributed by atoms with Crippen molar-refractivity contribution in [3.8, 4) is 5.69 Å². The van der Waals surface area contributed by atoms with Crippen LogP contribution >= 0.6 is 0 Å². The van der Waals surface area contributed by atoms with E-state index >= 15 is 0 Å². The first kappa shape index (κ1) is 14.1. The zero-order chi connectivity index (χ0) is 15.5. The molecule has 2 heterocycles. The van der Waals surface area contributed by atoms with Crippen molar-refractivity contribution in [3.05, 3.63) is 72.3 Å². The van der Waals surface area contributed by atoms with Gasteiger partial charge in [-0.25, -0.2) is 0 Å². The smallest absolute Gasteiger partial charge is 0.270 e. The van der Waals surface area contributed by atoms with Crippen molar-refractivity contribution < 1.29 is 4.79 Å². The summed E-state index contributed by atoms with van der Waals surface area (Å²) in [5, 5.41) is 7.02. The molecule has 0 saturated carbocycles. The van der Waals surface area contributed by atoms with Crippen molar-refractivity contribution >= 4 is 5.91 Å². The lowest BCUT2D eigenvalue weighted by Gasteiger charge is -2.15. The van der Waals surface area contributed by atoms with Crippen LogP contribution in [-0.2, 0) is 7.05 Å². The summed E-state index contributed by atoms with van der Waals surface area (Å²) in [6.45, 7) is 1.98. The van der Waals surface area contributed by atoms with E-state index in [0.717, 1.165) is 11.3 Å². The molecular weight excluding hydrogens is 276 g/mol. The van der Waals surface area contributed by atoms with Gasteiger partial charge < -0.3 is 9.88 Å². The Morgan fingerprint density at radius 1 is 1.18 bits per heavy atom. The van der Waals surface area contributed by atoms with Crippen LogP contribution in [0.4, 0.5) is 0 Å². The van der Waals surface area contributed by atoms with Gasteiger partial charge in [0, 0.05) is 31.3 Å². The van der Waals surface area contributed by atoms with Crippen LogP contribution in [-0.4, -0.2) is 20.3 Å². The lowest BCUT2D eigenvalue weighted by molar-refractivity contribution is 0.0930. The number of amides is 1. The predicted octanol–water partition coefficient (Wildman–Crippen LogP) is 2.70. The summed E-state index contributed by atoms with van der Waals surface area (Å²) in [4.78, 5) is 12.2. The number of benzene rings is 1. The monoisotopic (exact) mass is 294 g/mol. The van der Waals surface area contributed by atoms with Gasteiger partial charge in [0.2, 0.25) is 0 Å². The predicted molar refractivity (Wildman–Crippen MR) is 84.9 cm³/mol. The number of rotatable bonds is 4. The van der Waals surface area contributed by atoms with Crippen molar-refractivity contribution in [2.45, 2.75) is 13.0 Å². The minimum absolute atomic E-state index is 0.0853. The Balaban J connectivity index is 1.78. The van der Waals surface area contributed by atoms with Gasteiger partial charge in [-0.05, 0) is 42.8 Å². The summed E-state index contributed by atoms with van der Waals surface area (Å²) in [7, 11) is 1.76. The average molecular weight is 294 g/mol. The second kappa shape index (κ2) is 5.89. The Morgan fingerprint density at radius 3 is 2.64 bits per heavy atom. The molecule has 1 atom stereocenters. The van der Waals surface area contributed by atoms with Crippen LogP contribution in [0.5, 0.6) is 0 Å². The molecule has 0 fully saturated rings. The molecule has 3 rings (SSSR count). The van der Waals surface area contributed by atoms with Gasteiger partial charge in [-0.1, -0.05) is 12.1 Å². The van der Waals surface area contributed by atoms with E-state index in [0.29, 0.717) is 5.69 Å². The average Bonchev–Trinajstić information content (AvgIpc) is 3.18. The van der Waals surface area contributed by atoms with Crippen LogP contribution in [0.1, 0.15) is 29.0 Å². The highest BCUT2D eigenvalue weighted by molar-refractivity contribution is 5.92. The molecule has 0 aliphatic carbocycles. The maximum atomic E-state index is 12.2. The number of hydrogen-bond donors (Lipinski definition) is 1. The lowest BCUT2D eigenvalue weighted by atomic mass is 10.1. The maximum absolute atomic E-state index is 12.2. The minimum atomic E-state index is -0.126. The molecule has 0 radical (unpaired) electrons. The molecule has 5 nitrogen and oxygen atoms in total. The molecule has 0 aliphatic heterocycles. The first-order chi connectivity index (χ1) is 10.6. The third kappa shape index (κ3) is 2.79. The van der Waals surface area contributed by atoms with E-state index in [9.17, 15) is 4.79 Å². The second-order valence-electron chi connectivity index (χ2n) is 5.22. The fourth-order valence-corrected chi connectivity index (χ4v) is 2.41. The van der Waals surface area contributed by atoms with Crippen LogP contribution in [0.25, 0.3) is 5.69 Å². The first-order valence-corrected chi connectivity index (χ1v) is 7.17. The van der Waals surface area contributed by atoms with E-state index in [1.165, 1.54) is 0 Å². The van der Waals surface area contributed by atoms with E-state index < -0.39 is 0 Å². The summed E-state index contributed by atoms with van der Waals surface area (Å²) >= 11 is 0. The van der Waals surface area contributed by atoms with Gasteiger partial charge >= 0.3 is 0 Å². The first-order valence-electron chi connectivity index (χ1n) is 7.17. The highest BCUT2D eigenvalue weighted by atomic mass is 16.2. The zero-order valence-electron chi connectivity index (χ0n) is 12.6. The Hall–Kier alpha value is -2.82. The van der Waals surface area contributed by atoms with E-state index in [2.05, 4.69) is 16.5 Å². The van der Waals surface area contributed by atoms with Crippen molar-refractivity contribution in [3.63, 3.8) is 0 Å². The number of aryl methyl sites for hydroxylation is 1. The quantitative estimate of drug-likeness (QED) is 0.804. The molecule has 0 bridgehead atoms. The molecule has 0 aliphatic rings. The fraction of sp³-hybridized carbons (Fsp3) is 0.176. The van der Waals surface area contributed by atoms with Crippen LogP contribution in [0.3, 0.4) is 0 Å². The summed E-state index contributed by atoms with van der Waals surface area (Å²) in [5.74, 6) is -0.126. The van der Waals surface area contributed by atoms with Gasteiger partial charge in [-0.3, -0.25) is 9.48 Å². The van der Waals surface area contributed by atoms with Crippen molar-refractivity contribution in [2.75, 3.05) is 0 Å². The van der Waals surface area contributed by atoms with E-state index in [4.69, 9.17) is 0 Å². The third-order valence-corrected chi connectivity index (χ3v) is 3.67. The Morgan fingerprint density at radius 2 is 1.95 bits per heavy atom. The number of nitrogens with one attached hydrogen (secondary N) is 1. The molecule has 3 aromatic rings. The number of aromatic nitrogens is 3. The fourth-order valence-electron chi connectivity index (χ4n) is 2.41. The summed E-state index contributed by atoms with van der Waals surface area (Å²) in [6.07, 6.45) is 5.61. The Labute approximate surface area is 129 Å². The Bertz CT molecular complexity index is 774. The summed E-state index contributed by atoms with van der Waals surface area (Å²) in [6, 6.07) is 13.7. The number of nitrogens with zero attached hydrogens (tertiary/aromatic N) is 3. The highest BCUT2D eigenvalue weighted by Gasteiger charge is 2.14. The standard InChI is InChI=1S/C17H18N4O/c1-13(19-17(22)16-8-9-18-20(16)2)14-6-5-7-15(12-14)21-10-3-4-11-21/h3-13H,1-2H3,(H,19,22)/t13-/m1/s1. The van der Waals surface area contributed by atoms with Crippen molar-refractivity contribution in [1.29, 1.82) is 0 Å². The van der Waals surface area contributed by atoms with E-state index in [1.807, 2.05) is 54.2 Å². The molecule has 22 heavy (non-hydrogen) atoms. The molecule has 5 heteroatoms. The van der Waals surface area contributed by atoms with Gasteiger partial charge in [0.05, 0.1) is 6.04 Å². The summed E-state index contributed by atoms with van der Waals surface area (Å²) < 4.78 is 3.61. The molecule has 0 spiro atoms. The molecule has 2 aromatic heterocycles. The molecule has 1 aromatic carbocycles. The van der Waals surface area contributed by atoms with Gasteiger partial charge in [-0.15, -0.1) is 0 Å². The Kier molecular flexibility index (Phi) is 3.78. The summed E-state index contributed by atoms with van der Waals surface area (Å²) in [5.41, 5.74) is 2.68. The van der Waals surface area contributed by atoms with E-state index in [1.54, 1.807) is 24.0 Å². The SMILES string of the molecule is C[C@@H](NC(=O)c1ccnn1C)c1cccc(-n2cccc2)c1. The molecule has 1 amide bonds. The van der Waals surface area contributed by atoms with Crippen molar-refractivity contribution in [2.24, 2.45) is 7.05 Å². The molecule has 0 unspecified atom stereocenters. The molecular formula is C17H18N4O. The lowest BCUT2D eigenvalue weighted by Crippen LogP contribution is -2.28. The molecule has 1 N–H and O–H groups in total. The van der Waals surface area contributed by atoms with Gasteiger partial charge in [0.1, 0.15) is 5.69 Å². The van der Waals surface area contributed by atoms with Crippen LogP contribution < -0.4 is 5.32 Å². The number of carbonyl (C=O) groups is 1. The molecule has 112 valence electrons. The number of carbonyl (C=O) groups excluding carboxylic acids is 1. The third-order valence-electron chi connectivity index (χ3n) is 3.67. The van der Waals surface area contributed by atoms with Gasteiger partial charge in [-0.2, -0.15) is 5.10 Å². The largest absolute Gasteiger partial charge is 0.344 e. The van der Waals surface area contributed by atoms with E-state index in [-0.39, 0.29) is 11.9 Å². The zero-order valence-corrected chi connectivity index (χ0v) is 12.6. The number of hydrogen-bond acceptors (Lipinski definition) is 2. The highest BCUT2D eigenvalue weighted by Crippen LogP contribution is 2.17. The van der Waals surface area contributed by atoms with Crippen LogP contribution in [0.2, 0.25) is 0 Å². The minimum Gasteiger partial charge on any atom is -0.344 e. The van der Waals surface area contributed by atoms with Gasteiger partial charge in [0.15, 0.2) is 0 Å². The second-order valence-corrected chi connectivity index (χ2v) is 5.22. The topological polar surface area (TPSA) is 51.9 Å². The maximum Gasteiger partial charge on any atom is 0.270 e. The van der Waals surface area contributed by atoms with Gasteiger partial charge in [0.25, 0.3) is 5.91 Å². The van der Waals surface area contributed by atoms with Crippen LogP contribution in [0, 0.1) is 0 Å². The van der Waals surface area contributed by atoms with Crippen molar-refractivity contribution in [1.82, 2.24) is 19.7 Å². The normalized spacial score (nSPS) is 12.1. The van der Waals surface area contributed by atoms with Crippen LogP contribution in [0.15, 0.2) is 61.1 Å².